The maximum absolute atomic E-state index is 12.9. The second-order valence-corrected chi connectivity index (χ2v) is 11.5. The van der Waals surface area contributed by atoms with E-state index in [1.165, 1.54) is 12.1 Å². The fourth-order valence-electron chi connectivity index (χ4n) is 5.87. The standard InChI is InChI=1S/C28H35F3N6O3/c1-26(40-23-6-4-21(5-7-23)28(29,30)31)16-36(17-26)22-8-10-27(11-9-22,12-13-32)37-14-20(15-39-18-33)24(35-37)34-25(38)19-2-3-19/h4-7,14,19,22H,2-3,8-12,15-18,33H2,1H3,(H,34,35,38). The molecule has 2 aromatic rings. The number of amides is 1. The van der Waals surface area contributed by atoms with Crippen LogP contribution in [-0.4, -0.2) is 52.1 Å². The largest absolute Gasteiger partial charge is 0.485 e. The summed E-state index contributed by atoms with van der Waals surface area (Å²) < 4.78 is 51.9. The van der Waals surface area contributed by atoms with Crippen molar-refractivity contribution in [2.24, 2.45) is 11.7 Å². The molecular weight excluding hydrogens is 525 g/mol. The van der Waals surface area contributed by atoms with Crippen LogP contribution in [0.5, 0.6) is 5.75 Å². The molecule has 5 rings (SSSR count). The van der Waals surface area contributed by atoms with Crippen molar-refractivity contribution in [1.82, 2.24) is 14.7 Å². The molecule has 216 valence electrons. The van der Waals surface area contributed by atoms with Crippen LogP contribution in [-0.2, 0) is 27.9 Å². The number of hydrogen-bond donors (Lipinski definition) is 2. The minimum Gasteiger partial charge on any atom is -0.485 e. The number of halogens is 3. The van der Waals surface area contributed by atoms with Gasteiger partial charge in [0.15, 0.2) is 5.82 Å². The molecule has 0 unspecified atom stereocenters. The third kappa shape index (κ3) is 6.11. The number of likely N-dealkylation sites (tertiary alicyclic amines) is 1. The molecule has 1 amide bonds. The SMILES string of the molecule is CC1(Oc2ccc(C(F)(F)F)cc2)CN(C2CCC(CC#N)(n3cc(COCN)c(NC(=O)C4CC4)n3)CC2)C1. The number of carbonyl (C=O) groups is 1. The highest BCUT2D eigenvalue weighted by Gasteiger charge is 2.47. The van der Waals surface area contributed by atoms with Crippen LogP contribution in [0.3, 0.4) is 0 Å². The summed E-state index contributed by atoms with van der Waals surface area (Å²) in [5.74, 6) is 0.868. The van der Waals surface area contributed by atoms with Gasteiger partial charge in [-0.05, 0) is 69.7 Å². The van der Waals surface area contributed by atoms with Gasteiger partial charge in [0.25, 0.3) is 0 Å². The third-order valence-corrected chi connectivity index (χ3v) is 8.27. The van der Waals surface area contributed by atoms with E-state index in [1.807, 2.05) is 17.8 Å². The monoisotopic (exact) mass is 560 g/mol. The van der Waals surface area contributed by atoms with Crippen molar-refractivity contribution in [3.8, 4) is 11.8 Å². The lowest BCUT2D eigenvalue weighted by molar-refractivity contribution is -0.137. The van der Waals surface area contributed by atoms with Gasteiger partial charge < -0.3 is 20.5 Å². The molecule has 2 heterocycles. The Balaban J connectivity index is 1.21. The number of rotatable bonds is 10. The van der Waals surface area contributed by atoms with E-state index in [0.29, 0.717) is 37.1 Å². The summed E-state index contributed by atoms with van der Waals surface area (Å²) in [5, 5.41) is 17.4. The molecule has 1 aliphatic heterocycles. The highest BCUT2D eigenvalue weighted by atomic mass is 19.4. The molecule has 3 fully saturated rings. The van der Waals surface area contributed by atoms with Crippen LogP contribution in [0.25, 0.3) is 0 Å². The van der Waals surface area contributed by atoms with Crippen molar-refractivity contribution in [3.63, 3.8) is 0 Å². The number of nitrogens with zero attached hydrogens (tertiary/aromatic N) is 4. The van der Waals surface area contributed by atoms with Gasteiger partial charge in [0.2, 0.25) is 5.91 Å². The van der Waals surface area contributed by atoms with Crippen molar-refractivity contribution >= 4 is 11.7 Å². The Morgan fingerprint density at radius 1 is 1.20 bits per heavy atom. The Kier molecular flexibility index (Phi) is 7.83. The quantitative estimate of drug-likeness (QED) is 0.414. The Labute approximate surface area is 231 Å². The third-order valence-electron chi connectivity index (χ3n) is 8.27. The van der Waals surface area contributed by atoms with E-state index in [1.54, 1.807) is 0 Å². The van der Waals surface area contributed by atoms with Gasteiger partial charge in [-0.1, -0.05) is 0 Å². The fraction of sp³-hybridized carbons (Fsp3) is 0.607. The summed E-state index contributed by atoms with van der Waals surface area (Å²) in [5.41, 5.74) is 4.59. The molecule has 2 aliphatic carbocycles. The maximum Gasteiger partial charge on any atom is 0.416 e. The van der Waals surface area contributed by atoms with Crippen molar-refractivity contribution in [2.45, 2.75) is 81.8 Å². The van der Waals surface area contributed by atoms with E-state index < -0.39 is 22.9 Å². The summed E-state index contributed by atoms with van der Waals surface area (Å²) in [6.07, 6.45) is 2.75. The number of nitriles is 1. The molecule has 9 nitrogen and oxygen atoms in total. The van der Waals surface area contributed by atoms with E-state index in [-0.39, 0.29) is 25.2 Å². The second kappa shape index (κ2) is 11.0. The molecule has 2 saturated carbocycles. The summed E-state index contributed by atoms with van der Waals surface area (Å²) in [6.45, 7) is 3.57. The van der Waals surface area contributed by atoms with E-state index in [2.05, 4.69) is 16.3 Å². The first-order chi connectivity index (χ1) is 19.0. The molecule has 40 heavy (non-hydrogen) atoms. The molecule has 1 aromatic heterocycles. The van der Waals surface area contributed by atoms with E-state index >= 15 is 0 Å². The van der Waals surface area contributed by atoms with Crippen LogP contribution in [0.1, 0.15) is 63.0 Å². The molecular formula is C28H35F3N6O3. The van der Waals surface area contributed by atoms with Crippen LogP contribution in [0.4, 0.5) is 19.0 Å². The van der Waals surface area contributed by atoms with Gasteiger partial charge in [-0.3, -0.25) is 14.4 Å². The molecule has 0 atom stereocenters. The second-order valence-electron chi connectivity index (χ2n) is 11.5. The molecule has 0 bridgehead atoms. The first-order valence-corrected chi connectivity index (χ1v) is 13.7. The highest BCUT2D eigenvalue weighted by molar-refractivity contribution is 5.93. The van der Waals surface area contributed by atoms with E-state index in [0.717, 1.165) is 56.2 Å². The first kappa shape index (κ1) is 28.4. The van der Waals surface area contributed by atoms with Gasteiger partial charge in [-0.2, -0.15) is 23.5 Å². The summed E-state index contributed by atoms with van der Waals surface area (Å²) in [6, 6.07) is 7.46. The highest BCUT2D eigenvalue weighted by Crippen LogP contribution is 2.42. The van der Waals surface area contributed by atoms with Gasteiger partial charge >= 0.3 is 6.18 Å². The number of ether oxygens (including phenoxy) is 2. The Morgan fingerprint density at radius 3 is 2.45 bits per heavy atom. The van der Waals surface area contributed by atoms with Gasteiger partial charge in [-0.15, -0.1) is 0 Å². The average molecular weight is 561 g/mol. The van der Waals surface area contributed by atoms with Crippen LogP contribution in [0.15, 0.2) is 30.5 Å². The van der Waals surface area contributed by atoms with Gasteiger partial charge in [0.05, 0.1) is 36.9 Å². The Hall–Kier alpha value is -3.14. The van der Waals surface area contributed by atoms with Crippen molar-refractivity contribution in [2.75, 3.05) is 25.1 Å². The molecule has 0 spiro atoms. The van der Waals surface area contributed by atoms with Crippen molar-refractivity contribution < 1.29 is 27.4 Å². The zero-order valence-electron chi connectivity index (χ0n) is 22.5. The molecule has 3 N–H and O–H groups in total. The fourth-order valence-corrected chi connectivity index (χ4v) is 5.87. The zero-order valence-corrected chi connectivity index (χ0v) is 22.5. The zero-order chi connectivity index (χ0) is 28.5. The van der Waals surface area contributed by atoms with Crippen LogP contribution < -0.4 is 15.8 Å². The predicted molar refractivity (Wildman–Crippen MR) is 140 cm³/mol. The minimum absolute atomic E-state index is 0.0300. The Morgan fingerprint density at radius 2 is 1.88 bits per heavy atom. The minimum atomic E-state index is -4.38. The van der Waals surface area contributed by atoms with Crippen LogP contribution in [0, 0.1) is 17.2 Å². The number of alkyl halides is 3. The number of nitrogens with two attached hydrogens (primary N) is 1. The molecule has 3 aliphatic rings. The summed E-state index contributed by atoms with van der Waals surface area (Å²) >= 11 is 0. The van der Waals surface area contributed by atoms with Crippen LogP contribution in [0.2, 0.25) is 0 Å². The number of aromatic nitrogens is 2. The molecule has 1 saturated heterocycles. The Bertz CT molecular complexity index is 1240. The first-order valence-electron chi connectivity index (χ1n) is 13.7. The van der Waals surface area contributed by atoms with Gasteiger partial charge in [0.1, 0.15) is 11.4 Å². The lowest BCUT2D eigenvalue weighted by Gasteiger charge is -2.53. The molecule has 1 aromatic carbocycles. The number of carbonyl (C=O) groups excluding carboxylic acids is 1. The van der Waals surface area contributed by atoms with Gasteiger partial charge in [0, 0.05) is 36.8 Å². The maximum atomic E-state index is 12.9. The average Bonchev–Trinajstić information content (AvgIpc) is 3.68. The van der Waals surface area contributed by atoms with Gasteiger partial charge in [-0.25, -0.2) is 0 Å². The lowest BCUT2D eigenvalue weighted by Crippen LogP contribution is -2.66. The normalized spacial score (nSPS) is 24.6. The summed E-state index contributed by atoms with van der Waals surface area (Å²) in [7, 11) is 0. The number of benzene rings is 1. The van der Waals surface area contributed by atoms with E-state index in [4.69, 9.17) is 20.3 Å². The lowest BCUT2D eigenvalue weighted by atomic mass is 9.76. The smallest absolute Gasteiger partial charge is 0.416 e. The number of nitrogens with one attached hydrogen (secondary N) is 1. The topological polar surface area (TPSA) is 118 Å². The molecule has 0 radical (unpaired) electrons. The van der Waals surface area contributed by atoms with E-state index in [9.17, 15) is 23.2 Å². The number of hydrogen-bond acceptors (Lipinski definition) is 7. The van der Waals surface area contributed by atoms with Crippen LogP contribution >= 0.6 is 0 Å². The molecule has 12 heteroatoms. The van der Waals surface area contributed by atoms with Crippen molar-refractivity contribution in [1.29, 1.82) is 5.26 Å². The van der Waals surface area contributed by atoms with Crippen molar-refractivity contribution in [3.05, 3.63) is 41.6 Å². The number of anilines is 1. The summed E-state index contributed by atoms with van der Waals surface area (Å²) in [4.78, 5) is 14.8. The predicted octanol–water partition coefficient (Wildman–Crippen LogP) is 4.39.